The molecule has 0 fully saturated rings. The van der Waals surface area contributed by atoms with Crippen LogP contribution in [-0.2, 0) is 11.3 Å². The van der Waals surface area contributed by atoms with Gasteiger partial charge < -0.3 is 9.84 Å². The average molecular weight is 370 g/mol. The lowest BCUT2D eigenvalue weighted by molar-refractivity contribution is -0.384. The monoisotopic (exact) mass is 370 g/mol. The number of hydrogen-bond donors (Lipinski definition) is 1. The van der Waals surface area contributed by atoms with E-state index in [1.165, 1.54) is 32.4 Å². The van der Waals surface area contributed by atoms with Gasteiger partial charge in [0.2, 0.25) is 5.88 Å². The van der Waals surface area contributed by atoms with Crippen LogP contribution in [0.5, 0.6) is 5.88 Å². The van der Waals surface area contributed by atoms with Gasteiger partial charge in [-0.05, 0) is 25.0 Å². The second-order valence-corrected chi connectivity index (χ2v) is 5.78. The Bertz CT molecular complexity index is 1020. The Hall–Kier alpha value is -3.51. The van der Waals surface area contributed by atoms with E-state index < -0.39 is 10.5 Å². The number of nitro groups is 1. The number of nitriles is 1. The van der Waals surface area contributed by atoms with Gasteiger partial charge in [0.25, 0.3) is 11.2 Å². The normalized spacial score (nSPS) is 10.9. The molecule has 2 rings (SSSR count). The van der Waals surface area contributed by atoms with E-state index in [0.29, 0.717) is 11.3 Å². The number of nitro benzene ring substituents is 1. The first-order valence-electron chi connectivity index (χ1n) is 7.96. The number of rotatable bonds is 6. The fourth-order valence-electron chi connectivity index (χ4n) is 2.50. The van der Waals surface area contributed by atoms with Gasteiger partial charge in [-0.1, -0.05) is 6.07 Å². The molecule has 0 radical (unpaired) electrons. The number of aryl methyl sites for hydroxylation is 1. The molecule has 27 heavy (non-hydrogen) atoms. The first-order chi connectivity index (χ1) is 12.8. The summed E-state index contributed by atoms with van der Waals surface area (Å²) < 4.78 is 5.97. The molecule has 1 aromatic carbocycles. The predicted octanol–water partition coefficient (Wildman–Crippen LogP) is 2.35. The highest BCUT2D eigenvalue weighted by Gasteiger charge is 2.18. The number of aromatic nitrogens is 1. The van der Waals surface area contributed by atoms with Crippen molar-refractivity contribution in [2.45, 2.75) is 20.4 Å². The fourth-order valence-corrected chi connectivity index (χ4v) is 2.50. The van der Waals surface area contributed by atoms with Crippen molar-refractivity contribution in [3.8, 4) is 11.9 Å². The van der Waals surface area contributed by atoms with Crippen molar-refractivity contribution >= 4 is 17.6 Å². The summed E-state index contributed by atoms with van der Waals surface area (Å²) in [5.41, 5.74) is 0.665. The van der Waals surface area contributed by atoms with Crippen molar-refractivity contribution in [3.63, 3.8) is 0 Å². The zero-order chi connectivity index (χ0) is 20.1. The maximum Gasteiger partial charge on any atom is 0.271 e. The molecule has 9 nitrogen and oxygen atoms in total. The van der Waals surface area contributed by atoms with Crippen LogP contribution in [0.1, 0.15) is 22.3 Å². The minimum Gasteiger partial charge on any atom is -0.494 e. The summed E-state index contributed by atoms with van der Waals surface area (Å²) >= 11 is 0. The Morgan fingerprint density at radius 3 is 2.74 bits per heavy atom. The van der Waals surface area contributed by atoms with E-state index in [0.717, 1.165) is 4.57 Å². The molecule has 0 aliphatic carbocycles. The molecule has 1 aromatic heterocycles. The van der Waals surface area contributed by atoms with Gasteiger partial charge in [0, 0.05) is 25.5 Å². The maximum atomic E-state index is 12.4. The number of non-ortho nitro benzene ring substituents is 1. The van der Waals surface area contributed by atoms with Gasteiger partial charge in [-0.25, -0.2) is 0 Å². The van der Waals surface area contributed by atoms with Crippen LogP contribution >= 0.6 is 0 Å². The van der Waals surface area contributed by atoms with Gasteiger partial charge in [-0.3, -0.25) is 24.5 Å². The molecule has 0 unspecified atom stereocenters. The molecule has 0 atom stereocenters. The Morgan fingerprint density at radius 1 is 1.44 bits per heavy atom. The summed E-state index contributed by atoms with van der Waals surface area (Å²) in [5, 5.41) is 30.7. The standard InChI is InChI=1S/C18H18N4O5/c1-11-4-5-13(22(25)26)8-16(11)20-10-15-12(2)14(9-19)17(23)21(18(15)24)6-7-27-3/h4-5,8,10,24H,6-7H2,1-3H3. The smallest absolute Gasteiger partial charge is 0.271 e. The van der Waals surface area contributed by atoms with Crippen LogP contribution in [0.25, 0.3) is 0 Å². The Labute approximate surface area is 154 Å². The van der Waals surface area contributed by atoms with Gasteiger partial charge in [0.1, 0.15) is 11.6 Å². The molecule has 0 saturated heterocycles. The van der Waals surface area contributed by atoms with Gasteiger partial charge >= 0.3 is 0 Å². The van der Waals surface area contributed by atoms with E-state index in [1.807, 2.05) is 6.07 Å². The topological polar surface area (TPSA) is 131 Å². The zero-order valence-corrected chi connectivity index (χ0v) is 15.1. The molecule has 140 valence electrons. The Kier molecular flexibility index (Phi) is 6.05. The van der Waals surface area contributed by atoms with Crippen molar-refractivity contribution < 1.29 is 14.8 Å². The molecule has 0 aliphatic rings. The lowest BCUT2D eigenvalue weighted by atomic mass is 10.1. The predicted molar refractivity (Wildman–Crippen MR) is 98.8 cm³/mol. The molecule has 1 N–H and O–H groups in total. The van der Waals surface area contributed by atoms with Crippen molar-refractivity contribution in [2.75, 3.05) is 13.7 Å². The maximum absolute atomic E-state index is 12.4. The van der Waals surface area contributed by atoms with Gasteiger partial charge in [-0.2, -0.15) is 5.26 Å². The molecule has 0 bridgehead atoms. The summed E-state index contributed by atoms with van der Waals surface area (Å²) in [4.78, 5) is 27.0. The molecular formula is C18H18N4O5. The largest absolute Gasteiger partial charge is 0.494 e. The van der Waals surface area contributed by atoms with Crippen molar-refractivity contribution in [1.29, 1.82) is 5.26 Å². The summed E-state index contributed by atoms with van der Waals surface area (Å²) in [6.45, 7) is 3.50. The molecule has 0 amide bonds. The first kappa shape index (κ1) is 19.8. The number of methoxy groups -OCH3 is 1. The minimum absolute atomic E-state index is 0.0623. The molecule has 0 aliphatic heterocycles. The Morgan fingerprint density at radius 2 is 2.15 bits per heavy atom. The highest BCUT2D eigenvalue weighted by molar-refractivity contribution is 5.87. The number of ether oxygens (including phenoxy) is 1. The number of aliphatic imine (C=N–C) groups is 1. The van der Waals surface area contributed by atoms with Crippen LogP contribution < -0.4 is 5.56 Å². The third kappa shape index (κ3) is 4.02. The van der Waals surface area contributed by atoms with Crippen molar-refractivity contribution in [2.24, 2.45) is 4.99 Å². The lowest BCUT2D eigenvalue weighted by Gasteiger charge is -2.13. The second kappa shape index (κ2) is 8.25. The van der Waals surface area contributed by atoms with Crippen LogP contribution in [0, 0.1) is 35.3 Å². The molecule has 9 heteroatoms. The van der Waals surface area contributed by atoms with E-state index in [4.69, 9.17) is 4.74 Å². The number of hydrogen-bond acceptors (Lipinski definition) is 7. The van der Waals surface area contributed by atoms with E-state index in [1.54, 1.807) is 13.0 Å². The summed E-state index contributed by atoms with van der Waals surface area (Å²) in [6, 6.07) is 6.09. The zero-order valence-electron chi connectivity index (χ0n) is 15.1. The third-order valence-corrected chi connectivity index (χ3v) is 4.10. The van der Waals surface area contributed by atoms with Crippen LogP contribution in [0.3, 0.4) is 0 Å². The summed E-state index contributed by atoms with van der Waals surface area (Å²) in [6.07, 6.45) is 1.29. The molecule has 0 spiro atoms. The molecule has 2 aromatic rings. The summed E-state index contributed by atoms with van der Waals surface area (Å²) in [5.74, 6) is -0.347. The number of nitrogens with zero attached hydrogens (tertiary/aromatic N) is 4. The molecule has 1 heterocycles. The molecular weight excluding hydrogens is 352 g/mol. The number of aromatic hydroxyl groups is 1. The van der Waals surface area contributed by atoms with Crippen LogP contribution in [0.4, 0.5) is 11.4 Å². The van der Waals surface area contributed by atoms with Gasteiger partial charge in [-0.15, -0.1) is 0 Å². The van der Waals surface area contributed by atoms with E-state index in [2.05, 4.69) is 4.99 Å². The highest BCUT2D eigenvalue weighted by atomic mass is 16.6. The van der Waals surface area contributed by atoms with Crippen molar-refractivity contribution in [1.82, 2.24) is 4.57 Å². The van der Waals surface area contributed by atoms with Crippen LogP contribution in [0.2, 0.25) is 0 Å². The lowest BCUT2D eigenvalue weighted by Crippen LogP contribution is -2.26. The minimum atomic E-state index is -0.617. The summed E-state index contributed by atoms with van der Waals surface area (Å²) in [7, 11) is 1.45. The van der Waals surface area contributed by atoms with Crippen LogP contribution in [-0.4, -0.2) is 34.5 Å². The van der Waals surface area contributed by atoms with Crippen LogP contribution in [0.15, 0.2) is 28.0 Å². The average Bonchev–Trinajstić information content (AvgIpc) is 2.63. The number of pyridine rings is 1. The van der Waals surface area contributed by atoms with E-state index in [9.17, 15) is 25.3 Å². The van der Waals surface area contributed by atoms with Crippen molar-refractivity contribution in [3.05, 3.63) is 60.9 Å². The van der Waals surface area contributed by atoms with E-state index in [-0.39, 0.29) is 41.4 Å². The van der Waals surface area contributed by atoms with Gasteiger partial charge in [0.05, 0.1) is 29.3 Å². The SMILES string of the molecule is COCCn1c(O)c(C=Nc2cc([N+](=O)[O-])ccc2C)c(C)c(C#N)c1=O. The second-order valence-electron chi connectivity index (χ2n) is 5.78. The third-order valence-electron chi connectivity index (χ3n) is 4.10. The number of benzene rings is 1. The quantitative estimate of drug-likeness (QED) is 0.472. The van der Waals surface area contributed by atoms with E-state index >= 15 is 0 Å². The Balaban J connectivity index is 2.61. The van der Waals surface area contributed by atoms with Gasteiger partial charge in [0.15, 0.2) is 0 Å². The fraction of sp³-hybridized carbons (Fsp3) is 0.278. The highest BCUT2D eigenvalue weighted by Crippen LogP contribution is 2.26. The first-order valence-corrected chi connectivity index (χ1v) is 7.96. The molecule has 0 saturated carbocycles.